The van der Waals surface area contributed by atoms with E-state index in [1.165, 1.54) is 22.3 Å². The fourth-order valence-corrected chi connectivity index (χ4v) is 4.19. The van der Waals surface area contributed by atoms with Crippen LogP contribution in [0.4, 0.5) is 0 Å². The molecule has 0 spiro atoms. The van der Waals surface area contributed by atoms with Crippen molar-refractivity contribution in [1.29, 1.82) is 0 Å². The zero-order chi connectivity index (χ0) is 14.8. The first-order valence-electron chi connectivity index (χ1n) is 7.49. The summed E-state index contributed by atoms with van der Waals surface area (Å²) >= 11 is 0. The Balaban J connectivity index is 1.91. The van der Waals surface area contributed by atoms with E-state index in [0.717, 1.165) is 11.1 Å². The number of rotatable bonds is 0. The highest BCUT2D eigenvalue weighted by Crippen LogP contribution is 2.56. The maximum Gasteiger partial charge on any atom is 0.157 e. The molecule has 0 unspecified atom stereocenters. The monoisotopic (exact) mass is 286 g/mol. The summed E-state index contributed by atoms with van der Waals surface area (Å²) in [6.07, 6.45) is 0. The van der Waals surface area contributed by atoms with Gasteiger partial charge in [0.25, 0.3) is 0 Å². The van der Waals surface area contributed by atoms with Gasteiger partial charge in [-0.3, -0.25) is 0 Å². The minimum Gasteiger partial charge on any atom is -0.504 e. The van der Waals surface area contributed by atoms with Crippen molar-refractivity contribution in [2.24, 2.45) is 0 Å². The normalized spacial score (nSPS) is 20.2. The molecule has 2 N–H and O–H groups in total. The number of phenols is 2. The van der Waals surface area contributed by atoms with Gasteiger partial charge in [0.2, 0.25) is 0 Å². The first-order chi connectivity index (χ1) is 10.8. The van der Waals surface area contributed by atoms with E-state index >= 15 is 0 Å². The van der Waals surface area contributed by atoms with Gasteiger partial charge in [0, 0.05) is 11.8 Å². The quantitative estimate of drug-likeness (QED) is 0.421. The summed E-state index contributed by atoms with van der Waals surface area (Å²) in [6, 6.07) is 20.5. The molecule has 2 bridgehead atoms. The predicted octanol–water partition coefficient (Wildman–Crippen LogP) is 4.09. The summed E-state index contributed by atoms with van der Waals surface area (Å²) in [5, 5.41) is 19.9. The Morgan fingerprint density at radius 3 is 1.14 bits per heavy atom. The van der Waals surface area contributed by atoms with Crippen LogP contribution in [0, 0.1) is 0 Å². The third-order valence-electron chi connectivity index (χ3n) is 5.04. The van der Waals surface area contributed by atoms with E-state index in [0.29, 0.717) is 0 Å². The molecular weight excluding hydrogens is 272 g/mol. The van der Waals surface area contributed by atoms with E-state index in [2.05, 4.69) is 48.5 Å². The fourth-order valence-electron chi connectivity index (χ4n) is 4.19. The SMILES string of the molecule is Oc1cc2c(cc1O)C1c3ccccc3C2c2ccccc21. The molecule has 22 heavy (non-hydrogen) atoms. The molecule has 2 heteroatoms. The summed E-state index contributed by atoms with van der Waals surface area (Å²) in [5.41, 5.74) is 7.45. The highest BCUT2D eigenvalue weighted by Gasteiger charge is 2.41. The summed E-state index contributed by atoms with van der Waals surface area (Å²) < 4.78 is 0. The summed E-state index contributed by atoms with van der Waals surface area (Å²) in [6.45, 7) is 0. The van der Waals surface area contributed by atoms with Crippen LogP contribution < -0.4 is 0 Å². The topological polar surface area (TPSA) is 40.5 Å². The average molecular weight is 286 g/mol. The molecular formula is C20H14O2. The Morgan fingerprint density at radius 2 is 0.818 bits per heavy atom. The molecule has 106 valence electrons. The molecule has 0 saturated carbocycles. The summed E-state index contributed by atoms with van der Waals surface area (Å²) in [5.74, 6) is 0.195. The van der Waals surface area contributed by atoms with E-state index in [9.17, 15) is 10.2 Å². The second kappa shape index (κ2) is 3.92. The van der Waals surface area contributed by atoms with E-state index < -0.39 is 0 Å². The Bertz CT molecular complexity index is 804. The van der Waals surface area contributed by atoms with E-state index in [1.807, 2.05) is 0 Å². The number of hydrogen-bond acceptors (Lipinski definition) is 2. The van der Waals surface area contributed by atoms with Crippen molar-refractivity contribution in [3.8, 4) is 11.5 Å². The van der Waals surface area contributed by atoms with Gasteiger partial charge in [0.05, 0.1) is 0 Å². The molecule has 0 heterocycles. The molecule has 3 aliphatic rings. The molecule has 3 aromatic carbocycles. The van der Waals surface area contributed by atoms with E-state index in [-0.39, 0.29) is 23.3 Å². The Kier molecular flexibility index (Phi) is 2.11. The number of benzene rings is 3. The van der Waals surface area contributed by atoms with Gasteiger partial charge in [-0.05, 0) is 45.5 Å². The minimum atomic E-state index is -0.0405. The minimum absolute atomic E-state index is 0.0405. The molecule has 3 aromatic rings. The van der Waals surface area contributed by atoms with Crippen LogP contribution >= 0.6 is 0 Å². The van der Waals surface area contributed by atoms with Crippen molar-refractivity contribution in [3.05, 3.63) is 94.0 Å². The van der Waals surface area contributed by atoms with E-state index in [4.69, 9.17) is 0 Å². The number of hydrogen-bond donors (Lipinski definition) is 2. The maximum absolute atomic E-state index is 9.95. The third-order valence-corrected chi connectivity index (χ3v) is 5.04. The molecule has 6 rings (SSSR count). The van der Waals surface area contributed by atoms with Crippen molar-refractivity contribution in [1.82, 2.24) is 0 Å². The number of aromatic hydroxyl groups is 2. The van der Waals surface area contributed by atoms with Crippen LogP contribution in [0.3, 0.4) is 0 Å². The summed E-state index contributed by atoms with van der Waals surface area (Å²) in [7, 11) is 0. The lowest BCUT2D eigenvalue weighted by Crippen LogP contribution is -2.27. The molecule has 0 atom stereocenters. The van der Waals surface area contributed by atoms with Gasteiger partial charge in [0.1, 0.15) is 0 Å². The molecule has 0 aromatic heterocycles. The first-order valence-corrected chi connectivity index (χ1v) is 7.49. The van der Waals surface area contributed by atoms with Gasteiger partial charge in [0.15, 0.2) is 11.5 Å². The summed E-state index contributed by atoms with van der Waals surface area (Å²) in [4.78, 5) is 0. The van der Waals surface area contributed by atoms with Gasteiger partial charge in [-0.2, -0.15) is 0 Å². The average Bonchev–Trinajstić information content (AvgIpc) is 2.55. The third kappa shape index (κ3) is 1.30. The van der Waals surface area contributed by atoms with Crippen LogP contribution in [0.2, 0.25) is 0 Å². The first kappa shape index (κ1) is 11.9. The fraction of sp³-hybridized carbons (Fsp3) is 0.100. The van der Waals surface area contributed by atoms with Crippen LogP contribution in [-0.4, -0.2) is 10.2 Å². The Morgan fingerprint density at radius 1 is 0.500 bits per heavy atom. The van der Waals surface area contributed by atoms with Gasteiger partial charge >= 0.3 is 0 Å². The van der Waals surface area contributed by atoms with Crippen LogP contribution in [0.15, 0.2) is 60.7 Å². The van der Waals surface area contributed by atoms with Crippen LogP contribution in [-0.2, 0) is 0 Å². The molecule has 0 amide bonds. The number of phenolic OH excluding ortho intramolecular Hbond substituents is 2. The molecule has 0 saturated heterocycles. The Hall–Kier alpha value is -2.74. The van der Waals surface area contributed by atoms with Crippen LogP contribution in [0.25, 0.3) is 0 Å². The zero-order valence-corrected chi connectivity index (χ0v) is 11.8. The van der Waals surface area contributed by atoms with Gasteiger partial charge in [-0.25, -0.2) is 0 Å². The highest BCUT2D eigenvalue weighted by atomic mass is 16.3. The van der Waals surface area contributed by atoms with Crippen molar-refractivity contribution >= 4 is 0 Å². The smallest absolute Gasteiger partial charge is 0.157 e. The highest BCUT2D eigenvalue weighted by molar-refractivity contribution is 5.69. The van der Waals surface area contributed by atoms with Gasteiger partial charge in [-0.15, -0.1) is 0 Å². The van der Waals surface area contributed by atoms with Crippen molar-refractivity contribution in [2.75, 3.05) is 0 Å². The second-order valence-corrected chi connectivity index (χ2v) is 6.09. The second-order valence-electron chi connectivity index (χ2n) is 6.09. The predicted molar refractivity (Wildman–Crippen MR) is 84.5 cm³/mol. The molecule has 2 nitrogen and oxygen atoms in total. The lowest BCUT2D eigenvalue weighted by Gasteiger charge is -2.42. The van der Waals surface area contributed by atoms with Crippen LogP contribution in [0.1, 0.15) is 45.2 Å². The molecule has 0 fully saturated rings. The Labute approximate surface area is 128 Å². The lowest BCUT2D eigenvalue weighted by atomic mass is 9.61. The lowest BCUT2D eigenvalue weighted by molar-refractivity contribution is 0.401. The van der Waals surface area contributed by atoms with Crippen molar-refractivity contribution in [3.63, 3.8) is 0 Å². The van der Waals surface area contributed by atoms with Crippen LogP contribution in [0.5, 0.6) is 11.5 Å². The maximum atomic E-state index is 9.95. The zero-order valence-electron chi connectivity index (χ0n) is 11.8. The molecule has 0 aliphatic heterocycles. The molecule has 0 radical (unpaired) electrons. The standard InChI is InChI=1S/C20H14O2/c21-17-9-15-16(10-18(17)22)20-12-6-2-1-5-11(12)19(15)13-7-3-4-8-14(13)20/h1-10,19-22H. The van der Waals surface area contributed by atoms with Gasteiger partial charge in [-0.1, -0.05) is 48.5 Å². The van der Waals surface area contributed by atoms with E-state index in [1.54, 1.807) is 12.1 Å². The molecule has 3 aliphatic carbocycles. The van der Waals surface area contributed by atoms with Gasteiger partial charge < -0.3 is 10.2 Å². The van der Waals surface area contributed by atoms with Crippen molar-refractivity contribution < 1.29 is 10.2 Å². The largest absolute Gasteiger partial charge is 0.504 e. The van der Waals surface area contributed by atoms with Crippen molar-refractivity contribution in [2.45, 2.75) is 11.8 Å².